The Morgan fingerprint density at radius 1 is 1.68 bits per heavy atom. The summed E-state index contributed by atoms with van der Waals surface area (Å²) in [6.07, 6.45) is 1.67. The lowest BCUT2D eigenvalue weighted by atomic mass is 10.4. The Morgan fingerprint density at radius 2 is 2.42 bits per heavy atom. The summed E-state index contributed by atoms with van der Waals surface area (Å²) in [6.45, 7) is 1.62. The summed E-state index contributed by atoms with van der Waals surface area (Å²) < 4.78 is 2.16. The molecule has 1 saturated heterocycles. The zero-order valence-corrected chi connectivity index (χ0v) is 13.6. The third-order valence-corrected chi connectivity index (χ3v) is 4.16. The number of rotatable bonds is 3. The second-order valence-electron chi connectivity index (χ2n) is 3.92. The largest absolute Gasteiger partial charge is 0.319 e. The number of hydrazone groups is 1. The molecule has 1 aromatic rings. The maximum absolute atomic E-state index is 10.6. The van der Waals surface area contributed by atoms with Gasteiger partial charge in [-0.3, -0.25) is 8.01 Å². The first-order valence-electron chi connectivity index (χ1n) is 5.15. The Kier molecular flexibility index (Phi) is 4.76. The third-order valence-electron chi connectivity index (χ3n) is 2.32. The quantitative estimate of drug-likeness (QED) is 0.323. The van der Waals surface area contributed by atoms with Crippen LogP contribution < -0.4 is 0 Å². The predicted molar refractivity (Wildman–Crippen MR) is 80.5 cm³/mol. The fraction of sp³-hybridized carbons (Fsp3) is 0.500. The first-order valence-corrected chi connectivity index (χ1v) is 7.31. The highest BCUT2D eigenvalue weighted by atomic mass is 127. The number of thiazole rings is 1. The van der Waals surface area contributed by atoms with Crippen LogP contribution in [-0.4, -0.2) is 49.3 Å². The van der Waals surface area contributed by atoms with Gasteiger partial charge in [0.15, 0.2) is 9.50 Å². The number of halogens is 2. The van der Waals surface area contributed by atoms with E-state index in [-0.39, 0.29) is 0 Å². The molecule has 2 heterocycles. The van der Waals surface area contributed by atoms with Gasteiger partial charge in [0, 0.05) is 11.1 Å². The molecule has 0 bridgehead atoms. The molecule has 104 valence electrons. The van der Waals surface area contributed by atoms with E-state index in [9.17, 15) is 10.1 Å². The monoisotopic (exact) mass is 416 g/mol. The predicted octanol–water partition coefficient (Wildman–Crippen LogP) is 1.66. The molecule has 1 aliphatic rings. The smallest absolute Gasteiger partial charge is 0.285 e. The average molecular weight is 417 g/mol. The van der Waals surface area contributed by atoms with Crippen LogP contribution in [0.3, 0.4) is 0 Å². The molecule has 0 spiro atoms. The number of guanidine groups is 1. The molecule has 1 aromatic heterocycles. The SMILES string of the molecule is CN1CN(I)/C(=N\[N+](=O)[O-])N(Cc2cnc(Cl)s2)C1. The van der Waals surface area contributed by atoms with Gasteiger partial charge < -0.3 is 4.90 Å². The Morgan fingerprint density at radius 3 is 3.00 bits per heavy atom. The number of nitrogens with zero attached hydrogens (tertiary/aromatic N) is 6. The lowest BCUT2D eigenvalue weighted by Gasteiger charge is -2.38. The van der Waals surface area contributed by atoms with Crippen molar-refractivity contribution in [2.24, 2.45) is 5.10 Å². The van der Waals surface area contributed by atoms with Crippen molar-refractivity contribution in [3.63, 3.8) is 0 Å². The summed E-state index contributed by atoms with van der Waals surface area (Å²) in [5, 5.41) is 13.4. The Hall–Kier alpha value is -0.720. The van der Waals surface area contributed by atoms with Crippen LogP contribution in [0, 0.1) is 10.1 Å². The van der Waals surface area contributed by atoms with E-state index >= 15 is 0 Å². The molecule has 0 aliphatic carbocycles. The molecule has 0 amide bonds. The van der Waals surface area contributed by atoms with E-state index < -0.39 is 5.03 Å². The highest BCUT2D eigenvalue weighted by Gasteiger charge is 2.28. The molecule has 0 saturated carbocycles. The minimum atomic E-state index is -0.682. The number of nitro groups is 1. The van der Waals surface area contributed by atoms with Gasteiger partial charge in [-0.15, -0.1) is 11.3 Å². The van der Waals surface area contributed by atoms with Gasteiger partial charge in [0.25, 0.3) is 5.96 Å². The first kappa shape index (κ1) is 14.7. The van der Waals surface area contributed by atoms with Crippen LogP contribution in [0.2, 0.25) is 4.47 Å². The van der Waals surface area contributed by atoms with E-state index in [2.05, 4.69) is 10.1 Å². The molecule has 2 rings (SSSR count). The second kappa shape index (κ2) is 6.15. The lowest BCUT2D eigenvalue weighted by Crippen LogP contribution is -2.53. The van der Waals surface area contributed by atoms with Crippen LogP contribution in [0.4, 0.5) is 0 Å². The van der Waals surface area contributed by atoms with Crippen LogP contribution in [0.5, 0.6) is 0 Å². The van der Waals surface area contributed by atoms with Crippen LogP contribution in [0.1, 0.15) is 4.88 Å². The van der Waals surface area contributed by atoms with Crippen molar-refractivity contribution in [1.82, 2.24) is 17.9 Å². The molecule has 19 heavy (non-hydrogen) atoms. The Balaban J connectivity index is 2.20. The van der Waals surface area contributed by atoms with Crippen LogP contribution >= 0.6 is 45.8 Å². The molecule has 0 aromatic carbocycles. The normalized spacial score (nSPS) is 19.2. The van der Waals surface area contributed by atoms with Gasteiger partial charge in [0.2, 0.25) is 0 Å². The molecule has 8 nitrogen and oxygen atoms in total. The zero-order valence-electron chi connectivity index (χ0n) is 9.86. The van der Waals surface area contributed by atoms with Crippen molar-refractivity contribution in [3.8, 4) is 0 Å². The molecule has 0 radical (unpaired) electrons. The second-order valence-corrected chi connectivity index (χ2v) is 6.78. The van der Waals surface area contributed by atoms with Crippen LogP contribution in [-0.2, 0) is 6.54 Å². The van der Waals surface area contributed by atoms with Gasteiger partial charge in [-0.25, -0.2) is 15.1 Å². The average Bonchev–Trinajstić information content (AvgIpc) is 2.69. The van der Waals surface area contributed by atoms with Gasteiger partial charge in [0.05, 0.1) is 42.7 Å². The lowest BCUT2D eigenvalue weighted by molar-refractivity contribution is -0.486. The summed E-state index contributed by atoms with van der Waals surface area (Å²) in [5.74, 6) is 0.327. The van der Waals surface area contributed by atoms with Gasteiger partial charge in [-0.2, -0.15) is 0 Å². The number of hydrogen-bond acceptors (Lipinski definition) is 5. The topological polar surface area (TPSA) is 78.1 Å². The molecular weight excluding hydrogens is 407 g/mol. The minimum Gasteiger partial charge on any atom is -0.319 e. The molecule has 0 unspecified atom stereocenters. The molecule has 0 N–H and O–H groups in total. The van der Waals surface area contributed by atoms with E-state index in [4.69, 9.17) is 11.6 Å². The van der Waals surface area contributed by atoms with E-state index in [1.165, 1.54) is 11.3 Å². The van der Waals surface area contributed by atoms with Crippen molar-refractivity contribution in [1.29, 1.82) is 0 Å². The van der Waals surface area contributed by atoms with Crippen molar-refractivity contribution < 1.29 is 5.03 Å². The van der Waals surface area contributed by atoms with E-state index in [1.807, 2.05) is 39.7 Å². The summed E-state index contributed by atoms with van der Waals surface area (Å²) in [5.41, 5.74) is 0. The molecular formula is C8H10ClIN6O2S. The molecule has 11 heteroatoms. The number of hydrogen-bond donors (Lipinski definition) is 0. The van der Waals surface area contributed by atoms with Crippen molar-refractivity contribution in [3.05, 3.63) is 25.7 Å². The highest BCUT2D eigenvalue weighted by molar-refractivity contribution is 14.1. The molecule has 1 fully saturated rings. The van der Waals surface area contributed by atoms with Crippen molar-refractivity contribution in [2.45, 2.75) is 6.54 Å². The Bertz CT molecular complexity index is 511. The summed E-state index contributed by atoms with van der Waals surface area (Å²) in [4.78, 5) is 19.3. The van der Waals surface area contributed by atoms with E-state index in [0.717, 1.165) is 4.88 Å². The van der Waals surface area contributed by atoms with Gasteiger partial charge in [-0.1, -0.05) is 11.6 Å². The number of aromatic nitrogens is 1. The fourth-order valence-corrected chi connectivity index (χ4v) is 3.59. The Labute approximate surface area is 132 Å². The maximum Gasteiger partial charge on any atom is 0.285 e. The van der Waals surface area contributed by atoms with E-state index in [1.54, 1.807) is 9.31 Å². The third kappa shape index (κ3) is 3.87. The van der Waals surface area contributed by atoms with Gasteiger partial charge in [0.1, 0.15) is 5.10 Å². The molecule has 1 aliphatic heterocycles. The summed E-state index contributed by atoms with van der Waals surface area (Å²) in [6, 6.07) is 0. The van der Waals surface area contributed by atoms with E-state index in [0.29, 0.717) is 30.3 Å². The maximum atomic E-state index is 10.6. The fourth-order valence-electron chi connectivity index (χ4n) is 1.68. The summed E-state index contributed by atoms with van der Waals surface area (Å²) >= 11 is 9.14. The van der Waals surface area contributed by atoms with Gasteiger partial charge >= 0.3 is 0 Å². The summed E-state index contributed by atoms with van der Waals surface area (Å²) in [7, 11) is 1.93. The minimum absolute atomic E-state index is 0.327. The van der Waals surface area contributed by atoms with Crippen molar-refractivity contribution >= 4 is 51.8 Å². The standard InChI is InChI=1S/C8H10ClIN6O2S/c1-13-4-14(3-6-2-11-7(9)19-6)8(12-16(17)18)15(10)5-13/h2H,3-5H2,1H3/b12-8-. The first-order chi connectivity index (χ1) is 8.95. The highest BCUT2D eigenvalue weighted by Crippen LogP contribution is 2.22. The van der Waals surface area contributed by atoms with Gasteiger partial charge in [-0.05, 0) is 7.05 Å². The molecule has 0 atom stereocenters. The van der Waals surface area contributed by atoms with Crippen LogP contribution in [0.15, 0.2) is 11.3 Å². The van der Waals surface area contributed by atoms with Crippen molar-refractivity contribution in [2.75, 3.05) is 20.4 Å². The van der Waals surface area contributed by atoms with Crippen LogP contribution in [0.25, 0.3) is 0 Å². The zero-order chi connectivity index (χ0) is 14.0.